The van der Waals surface area contributed by atoms with E-state index in [9.17, 15) is 9.59 Å². The van der Waals surface area contributed by atoms with E-state index in [2.05, 4.69) is 37.2 Å². The molecule has 1 aliphatic heterocycles. The molecule has 0 radical (unpaired) electrons. The maximum atomic E-state index is 10.9. The number of esters is 1. The molecule has 0 spiro atoms. The highest BCUT2D eigenvalue weighted by Crippen LogP contribution is 2.29. The van der Waals surface area contributed by atoms with E-state index < -0.39 is 12.2 Å². The van der Waals surface area contributed by atoms with Crippen molar-refractivity contribution in [2.75, 3.05) is 0 Å². The summed E-state index contributed by atoms with van der Waals surface area (Å²) in [6, 6.07) is 0. The number of amides is 1. The molecule has 1 heterocycles. The molecule has 1 rings (SSSR count). The summed E-state index contributed by atoms with van der Waals surface area (Å²) in [7, 11) is 0. The second-order valence-corrected chi connectivity index (χ2v) is 3.80. The van der Waals surface area contributed by atoms with Crippen LogP contribution in [0.15, 0.2) is 8.96 Å². The fraction of sp³-hybridized carbons (Fsp3) is 0.333. The third-order valence-electron chi connectivity index (χ3n) is 1.18. The second kappa shape index (κ2) is 3.57. The zero-order valence-corrected chi connectivity index (χ0v) is 9.23. The summed E-state index contributed by atoms with van der Waals surface area (Å²) in [5, 5.41) is 2.44. The van der Waals surface area contributed by atoms with Crippen LogP contribution in [0.3, 0.4) is 0 Å². The monoisotopic (exact) mass is 297 g/mol. The van der Waals surface area contributed by atoms with Crippen LogP contribution in [0, 0.1) is 0 Å². The number of hydrogen-bond donors (Lipinski definition) is 1. The van der Waals surface area contributed by atoms with Crippen molar-refractivity contribution < 1.29 is 14.3 Å². The Hall–Kier alpha value is -0.360. The topological polar surface area (TPSA) is 55.4 Å². The molecule has 12 heavy (non-hydrogen) atoms. The van der Waals surface area contributed by atoms with Crippen molar-refractivity contribution in [3.8, 4) is 0 Å². The zero-order valence-electron chi connectivity index (χ0n) is 6.06. The van der Waals surface area contributed by atoms with Crippen molar-refractivity contribution in [2.45, 2.75) is 13.2 Å². The molecule has 0 bridgehead atoms. The third kappa shape index (κ3) is 1.87. The Labute approximate surface area is 85.6 Å². The lowest BCUT2D eigenvalue weighted by Crippen LogP contribution is -2.33. The average molecular weight is 299 g/mol. The molecular weight excluding hydrogens is 294 g/mol. The molecule has 0 aromatic carbocycles. The summed E-state index contributed by atoms with van der Waals surface area (Å²) < 4.78 is 5.57. The van der Waals surface area contributed by atoms with E-state index in [1.807, 2.05) is 0 Å². The number of hydrogen-bond acceptors (Lipinski definition) is 3. The van der Waals surface area contributed by atoms with Crippen LogP contribution in [-0.4, -0.2) is 18.1 Å². The lowest BCUT2D eigenvalue weighted by atomic mass is 10.5. The number of cyclic esters (lactones) is 1. The lowest BCUT2D eigenvalue weighted by molar-refractivity contribution is -0.141. The Morgan fingerprint density at radius 3 is 2.50 bits per heavy atom. The van der Waals surface area contributed by atoms with Crippen molar-refractivity contribution in [1.82, 2.24) is 5.32 Å². The number of rotatable bonds is 1. The molecule has 1 atom stereocenters. The maximum absolute atomic E-state index is 10.9. The Bertz CT molecular complexity index is 274. The minimum Gasteiger partial charge on any atom is -0.433 e. The van der Waals surface area contributed by atoms with Gasteiger partial charge in [0.2, 0.25) is 12.1 Å². The van der Waals surface area contributed by atoms with Crippen LogP contribution in [0.2, 0.25) is 0 Å². The fourth-order valence-electron chi connectivity index (χ4n) is 0.701. The third-order valence-corrected chi connectivity index (χ3v) is 3.27. The number of carbonyl (C=O) groups is 2. The highest BCUT2D eigenvalue weighted by atomic mass is 79.9. The van der Waals surface area contributed by atoms with Gasteiger partial charge < -0.3 is 10.1 Å². The van der Waals surface area contributed by atoms with E-state index >= 15 is 0 Å². The molecule has 0 saturated carbocycles. The molecule has 4 nitrogen and oxygen atoms in total. The Morgan fingerprint density at radius 1 is 1.58 bits per heavy atom. The molecule has 0 aromatic heterocycles. The molecule has 1 aliphatic rings. The van der Waals surface area contributed by atoms with Crippen LogP contribution in [0.25, 0.3) is 0 Å². The normalized spacial score (nSPS) is 22.6. The SMILES string of the molecule is CC(=O)N[C@@H]1OC(=O)C(Br)=C1Br. The summed E-state index contributed by atoms with van der Waals surface area (Å²) in [5.41, 5.74) is 0. The second-order valence-electron chi connectivity index (χ2n) is 2.15. The average Bonchev–Trinajstić information content (AvgIpc) is 2.17. The molecule has 1 amide bonds. The quantitative estimate of drug-likeness (QED) is 0.735. The number of ether oxygens (including phenoxy) is 1. The van der Waals surface area contributed by atoms with E-state index in [-0.39, 0.29) is 5.91 Å². The van der Waals surface area contributed by atoms with Gasteiger partial charge in [0.25, 0.3) is 0 Å². The maximum Gasteiger partial charge on any atom is 0.348 e. The molecule has 0 unspecified atom stereocenters. The molecule has 66 valence electrons. The Morgan fingerprint density at radius 2 is 2.17 bits per heavy atom. The first-order valence-corrected chi connectivity index (χ1v) is 4.64. The van der Waals surface area contributed by atoms with Crippen molar-refractivity contribution in [3.05, 3.63) is 8.96 Å². The smallest absolute Gasteiger partial charge is 0.348 e. The van der Waals surface area contributed by atoms with E-state index in [0.29, 0.717) is 8.96 Å². The largest absolute Gasteiger partial charge is 0.433 e. The molecule has 0 fully saturated rings. The van der Waals surface area contributed by atoms with Crippen LogP contribution in [0.4, 0.5) is 0 Å². The Balaban J connectivity index is 2.73. The molecule has 0 aliphatic carbocycles. The van der Waals surface area contributed by atoms with Gasteiger partial charge >= 0.3 is 5.97 Å². The van der Waals surface area contributed by atoms with Gasteiger partial charge in [-0.15, -0.1) is 0 Å². The van der Waals surface area contributed by atoms with Gasteiger partial charge in [0.1, 0.15) is 4.48 Å². The first kappa shape index (κ1) is 9.73. The molecule has 0 aromatic rings. The standard InChI is InChI=1S/C6H5Br2NO3/c1-2(10)9-5-3(7)4(8)6(11)12-5/h5H,1H3,(H,9,10)/t5-/m1/s1. The first-order valence-electron chi connectivity index (χ1n) is 3.05. The summed E-state index contributed by atoms with van der Waals surface area (Å²) in [6.45, 7) is 1.35. The van der Waals surface area contributed by atoms with Crippen LogP contribution in [-0.2, 0) is 14.3 Å². The summed E-state index contributed by atoms with van der Waals surface area (Å²) in [5.74, 6) is -0.743. The minimum atomic E-state index is -0.690. The number of nitrogens with one attached hydrogen (secondary N) is 1. The molecule has 0 saturated heterocycles. The van der Waals surface area contributed by atoms with Crippen LogP contribution < -0.4 is 5.32 Å². The lowest BCUT2D eigenvalue weighted by Gasteiger charge is -2.09. The van der Waals surface area contributed by atoms with Crippen LogP contribution in [0.1, 0.15) is 6.92 Å². The van der Waals surface area contributed by atoms with Gasteiger partial charge in [0.15, 0.2) is 0 Å². The van der Waals surface area contributed by atoms with E-state index in [0.717, 1.165) is 0 Å². The number of halogens is 2. The van der Waals surface area contributed by atoms with Gasteiger partial charge in [0.05, 0.1) is 4.48 Å². The van der Waals surface area contributed by atoms with E-state index in [4.69, 9.17) is 4.74 Å². The van der Waals surface area contributed by atoms with Crippen molar-refractivity contribution in [2.24, 2.45) is 0 Å². The van der Waals surface area contributed by atoms with E-state index in [1.54, 1.807) is 0 Å². The van der Waals surface area contributed by atoms with Gasteiger partial charge in [0, 0.05) is 6.92 Å². The molecule has 6 heteroatoms. The van der Waals surface area contributed by atoms with Crippen molar-refractivity contribution >= 4 is 43.7 Å². The van der Waals surface area contributed by atoms with Crippen LogP contribution >= 0.6 is 31.9 Å². The molecular formula is C6H5Br2NO3. The highest BCUT2D eigenvalue weighted by Gasteiger charge is 2.31. The summed E-state index contributed by atoms with van der Waals surface area (Å²) in [4.78, 5) is 21.5. The predicted molar refractivity (Wildman–Crippen MR) is 48.6 cm³/mol. The van der Waals surface area contributed by atoms with Gasteiger partial charge in [-0.2, -0.15) is 0 Å². The van der Waals surface area contributed by atoms with Gasteiger partial charge in [-0.1, -0.05) is 0 Å². The molecule has 1 N–H and O–H groups in total. The fourth-order valence-corrected chi connectivity index (χ4v) is 1.37. The predicted octanol–water partition coefficient (Wildman–Crippen LogP) is 1.01. The zero-order chi connectivity index (χ0) is 9.30. The first-order chi connectivity index (χ1) is 5.52. The van der Waals surface area contributed by atoms with Crippen molar-refractivity contribution in [3.63, 3.8) is 0 Å². The van der Waals surface area contributed by atoms with Gasteiger partial charge in [-0.25, -0.2) is 4.79 Å². The van der Waals surface area contributed by atoms with Gasteiger partial charge in [-0.3, -0.25) is 4.79 Å². The summed E-state index contributed by atoms with van der Waals surface area (Å²) in [6.07, 6.45) is -0.690. The van der Waals surface area contributed by atoms with Crippen molar-refractivity contribution in [1.29, 1.82) is 0 Å². The summed E-state index contributed by atoms with van der Waals surface area (Å²) >= 11 is 6.12. The highest BCUT2D eigenvalue weighted by molar-refractivity contribution is 9.14. The van der Waals surface area contributed by atoms with E-state index in [1.165, 1.54) is 6.92 Å². The van der Waals surface area contributed by atoms with Crippen LogP contribution in [0.5, 0.6) is 0 Å². The number of carbonyl (C=O) groups excluding carboxylic acids is 2. The Kier molecular flexibility index (Phi) is 2.89. The van der Waals surface area contributed by atoms with Gasteiger partial charge in [-0.05, 0) is 31.9 Å². The minimum absolute atomic E-state index is 0.257.